The number of azo groups is 2. The maximum absolute atomic E-state index is 14.7. The summed E-state index contributed by atoms with van der Waals surface area (Å²) in [6.45, 7) is 0. The van der Waals surface area contributed by atoms with Gasteiger partial charge < -0.3 is 29.5 Å². The predicted octanol–water partition coefficient (Wildman–Crippen LogP) is 0.159. The van der Waals surface area contributed by atoms with Gasteiger partial charge in [0.25, 0.3) is 43.3 Å². The van der Waals surface area contributed by atoms with Crippen molar-refractivity contribution < 1.29 is 119 Å². The molecule has 115 heavy (non-hydrogen) atoms. The Hall–Kier alpha value is -10.2. The normalized spacial score (nSPS) is 15.2. The number of carbonyl (C=O) groups excluding carboxylic acids is 2. The maximum atomic E-state index is 14.7. The Morgan fingerprint density at radius 3 is 1.11 bits per heavy atom. The summed E-state index contributed by atoms with van der Waals surface area (Å²) in [5.41, 5.74) is -6.58. The van der Waals surface area contributed by atoms with Gasteiger partial charge in [-0.2, -0.15) is 67.5 Å². The molecular formula is C62H42N20Na4O24S5. The fourth-order valence-corrected chi connectivity index (χ4v) is 13.6. The van der Waals surface area contributed by atoms with Crippen molar-refractivity contribution in [2.45, 2.75) is 41.5 Å². The molecule has 0 aliphatic carbocycles. The summed E-state index contributed by atoms with van der Waals surface area (Å²) in [4.78, 5) is 110. The molecule has 53 heteroatoms. The van der Waals surface area contributed by atoms with E-state index in [4.69, 9.17) is 0 Å². The number of carbonyl (C=O) groups is 6. The Morgan fingerprint density at radius 2 is 0.783 bits per heavy atom. The number of H-pyrrole nitrogens is 4. The van der Waals surface area contributed by atoms with Gasteiger partial charge in [-0.15, -0.1) is 0 Å². The van der Waals surface area contributed by atoms with E-state index < -0.39 is 140 Å². The second-order valence-corrected chi connectivity index (χ2v) is 30.0. The fraction of sp³-hybridized carbons (Fsp3) is 0.0323. The number of aromatic carboxylic acids is 2. The summed E-state index contributed by atoms with van der Waals surface area (Å²) in [7, 11) is -24.9. The summed E-state index contributed by atoms with van der Waals surface area (Å²) >= 11 is 0. The molecule has 0 bridgehead atoms. The van der Waals surface area contributed by atoms with Crippen LogP contribution in [0.3, 0.4) is 0 Å². The molecule has 10 aromatic rings. The molecule has 6 aromatic carbocycles. The molecule has 2 amide bonds. The van der Waals surface area contributed by atoms with E-state index in [0.29, 0.717) is 10.0 Å². The van der Waals surface area contributed by atoms with Crippen LogP contribution in [0.25, 0.3) is 11.9 Å². The van der Waals surface area contributed by atoms with Gasteiger partial charge in [0.1, 0.15) is 31.6 Å². The number of aromatic nitrogens is 8. The van der Waals surface area contributed by atoms with Crippen LogP contribution in [0.2, 0.25) is 0 Å². The first kappa shape index (κ1) is 90.3. The minimum absolute atomic E-state index is 0. The van der Waals surface area contributed by atoms with E-state index in [1.54, 1.807) is 0 Å². The fourth-order valence-electron chi connectivity index (χ4n) is 10.1. The molecule has 6 heterocycles. The number of rotatable bonds is 22. The molecule has 44 nitrogen and oxygen atoms in total. The number of benzene rings is 6. The van der Waals surface area contributed by atoms with Crippen molar-refractivity contribution >= 4 is 261 Å². The van der Waals surface area contributed by atoms with Crippen molar-refractivity contribution in [1.29, 1.82) is 0 Å². The van der Waals surface area contributed by atoms with Crippen LogP contribution in [0.4, 0.5) is 45.5 Å². The van der Waals surface area contributed by atoms with Crippen molar-refractivity contribution in [2.75, 3.05) is 10.0 Å². The zero-order valence-electron chi connectivity index (χ0n) is 58.7. The second-order valence-electron chi connectivity index (χ2n) is 22.5. The number of hydrazone groups is 2. The Morgan fingerprint density at radius 1 is 0.426 bits per heavy atom. The molecule has 12 rings (SSSR count). The number of nitrogens with zero attached hydrogens (tertiary/aromatic N) is 16. The monoisotopic (exact) mass is 1700 g/mol. The van der Waals surface area contributed by atoms with Gasteiger partial charge >= 0.3 is 47.0 Å². The Labute approximate surface area is 731 Å². The molecule has 568 valence electrons. The molecule has 0 saturated carbocycles. The molecular weight excluding hydrogens is 1660 g/mol. The Bertz CT molecular complexity index is 6360. The number of pyridine rings is 2. The number of carboxylic acid groups (broad SMARTS) is 4. The molecule has 2 aliphatic heterocycles. The molecule has 10 N–H and O–H groups in total. The van der Waals surface area contributed by atoms with Crippen LogP contribution in [0.5, 0.6) is 0 Å². The van der Waals surface area contributed by atoms with Crippen LogP contribution < -0.4 is 41.6 Å². The summed E-state index contributed by atoms with van der Waals surface area (Å²) in [5.74, 6) is -9.19. The third-order valence-electron chi connectivity index (χ3n) is 15.1. The number of nitrogens with one attached hydrogen (secondary N) is 4. The molecule has 0 spiro atoms. The maximum Gasteiger partial charge on any atom is 0.407 e. The van der Waals surface area contributed by atoms with E-state index in [1.807, 2.05) is 0 Å². The number of sulfone groups is 1. The summed E-state index contributed by atoms with van der Waals surface area (Å²) < 4.78 is 172. The van der Waals surface area contributed by atoms with Crippen LogP contribution in [-0.4, -0.2) is 288 Å². The quantitative estimate of drug-likeness (QED) is 0.0187. The topological polar surface area (TPSA) is 667 Å². The largest absolute Gasteiger partial charge is 0.744 e. The zero-order chi connectivity index (χ0) is 79.8. The van der Waals surface area contributed by atoms with E-state index in [-0.39, 0.29) is 208 Å². The number of aliphatic carboxylic acids is 2. The smallest absolute Gasteiger partial charge is 0.407 e. The number of anilines is 2. The van der Waals surface area contributed by atoms with Crippen LogP contribution in [0, 0.1) is 0 Å². The van der Waals surface area contributed by atoms with Gasteiger partial charge in [-0.25, -0.2) is 73.5 Å². The molecule has 4 aromatic heterocycles. The minimum Gasteiger partial charge on any atom is -0.744 e. The van der Waals surface area contributed by atoms with E-state index in [2.05, 4.69) is 80.5 Å². The number of hydrogen-bond donors (Lipinski definition) is 10. The van der Waals surface area contributed by atoms with E-state index in [1.165, 1.54) is 82.2 Å². The number of hydrogen-bond acceptors (Lipinski definition) is 30. The molecule has 4 radical (unpaired) electrons. The average molecular weight is 1700 g/mol. The zero-order valence-corrected chi connectivity index (χ0v) is 70.8. The summed E-state index contributed by atoms with van der Waals surface area (Å²) in [5, 5.41) is 63.1. The van der Waals surface area contributed by atoms with E-state index in [9.17, 15) is 109 Å². The third kappa shape index (κ3) is 21.1. The first-order chi connectivity index (χ1) is 52.3. The Balaban J connectivity index is 0.00000413. The van der Waals surface area contributed by atoms with E-state index >= 15 is 0 Å². The van der Waals surface area contributed by atoms with Crippen LogP contribution >= 0.6 is 0 Å². The van der Waals surface area contributed by atoms with Crippen molar-refractivity contribution in [3.63, 3.8) is 0 Å². The van der Waals surface area contributed by atoms with Gasteiger partial charge in [0.05, 0.1) is 99.4 Å². The number of aromatic amines is 4. The van der Waals surface area contributed by atoms with Gasteiger partial charge in [0, 0.05) is 118 Å². The number of amides is 2. The van der Waals surface area contributed by atoms with Crippen molar-refractivity contribution in [3.8, 4) is 11.9 Å². The standard InChI is InChI=1S/C62H42N20O24S5.4Na/c83-51-47(49(55(89)90)77-81(51)37-13-17-39(18-14-37)108(95,96)97)75-73-43-27-35(11-21-45(43)110(101,102)103)65-59-67-57(69-61(71-59)79-23-3-5-31(29-79)53(85)86)63-33-7-1-9-41(25-33)107(93,94)42-10-2-8-34(26-42)64-58-68-60(72-62(70-58)80-24-4-6-32(30-80)54(87)88)66-36-12-22-46(111(104,105)106)44(28-36)74-76-48-50(56(91)92)78-82(52(48)84)38-15-19-40(20-16-38)109(98,99)100;;;;/h1-30,47-48H,(H10-2,63,64,65,66,67,68,69,70,71,72,85,86,87,88,89,90,91,92,95,96,97,98,99,100,101,102,103,104,105,106);;;;. The summed E-state index contributed by atoms with van der Waals surface area (Å²) in [6.07, 6.45) is 4.97. The minimum atomic E-state index is -5.44. The first-order valence-electron chi connectivity index (χ1n) is 30.4. The van der Waals surface area contributed by atoms with Gasteiger partial charge in [0.2, 0.25) is 21.9 Å². The van der Waals surface area contributed by atoms with Crippen LogP contribution in [-0.2, 0) is 69.5 Å². The summed E-state index contributed by atoms with van der Waals surface area (Å²) in [6, 6.07) is 23.7. The van der Waals surface area contributed by atoms with Crippen molar-refractivity contribution in [2.24, 2.45) is 50.6 Å². The van der Waals surface area contributed by atoms with Gasteiger partial charge in [-0.3, -0.25) is 28.7 Å². The second kappa shape index (κ2) is 36.3. The van der Waals surface area contributed by atoms with Gasteiger partial charge in [-0.05, 0) is 156 Å². The van der Waals surface area contributed by atoms with Crippen LogP contribution in [0.15, 0.2) is 263 Å². The first-order valence-corrected chi connectivity index (χ1v) is 37.6. The van der Waals surface area contributed by atoms with Gasteiger partial charge in [0.15, 0.2) is 11.4 Å². The third-order valence-corrected chi connectivity index (χ3v) is 20.4. The van der Waals surface area contributed by atoms with E-state index in [0.717, 1.165) is 109 Å². The van der Waals surface area contributed by atoms with Crippen molar-refractivity contribution in [1.82, 2.24) is 29.9 Å². The van der Waals surface area contributed by atoms with Crippen molar-refractivity contribution in [3.05, 3.63) is 216 Å². The molecule has 2 unspecified atom stereocenters. The molecule has 0 saturated heterocycles. The molecule has 2 aliphatic rings. The number of carboxylic acids is 4. The van der Waals surface area contributed by atoms with Gasteiger partial charge in [-0.1, -0.05) is 12.1 Å². The van der Waals surface area contributed by atoms with Crippen LogP contribution in [0.1, 0.15) is 20.7 Å². The molecule has 0 fully saturated rings. The SMILES string of the molecule is O=C(O)C1=NN(c2ccc(S(=O)(=O)O)cc2)C(=O)C1N=Nc1cc(N=c2[nH]c(-[n+]3cccc(C(=O)O)c3)nc(=Nc3cccc(S(=O)(=O)c4cccc(N=c5nc(-[n+]6cccc(C(=O)O)c6)[nH]c(=Nc6ccc(S(=O)(=O)[O-])c(N=NC7C(=O)N(c8ccc(S(=O)(=O)O)cc8)N=C7C(=O)O)c6)[nH]5)c4)c3)[nH]2)ccc1S(=O)(=O)[O-].[Na].[Na].[Na].[Na]. The Kier molecular flexibility index (Phi) is 28.5. The average Bonchev–Trinajstić information content (AvgIpc) is 1.61. The predicted molar refractivity (Wildman–Crippen MR) is 388 cm³/mol. The molecule has 2 atom stereocenters.